The van der Waals surface area contributed by atoms with Gasteiger partial charge in [0.2, 0.25) is 0 Å². The van der Waals surface area contributed by atoms with Crippen LogP contribution in [0.1, 0.15) is 12.5 Å². The zero-order valence-corrected chi connectivity index (χ0v) is 10.6. The lowest BCUT2D eigenvalue weighted by atomic mass is 10.2. The summed E-state index contributed by atoms with van der Waals surface area (Å²) in [4.78, 5) is 10.4. The van der Waals surface area contributed by atoms with Crippen LogP contribution >= 0.6 is 0 Å². The highest BCUT2D eigenvalue weighted by Crippen LogP contribution is 2.26. The van der Waals surface area contributed by atoms with Gasteiger partial charge in [0.05, 0.1) is 0 Å². The minimum Gasteiger partial charge on any atom is -0.326 e. The second-order valence-corrected chi connectivity index (χ2v) is 3.94. The van der Waals surface area contributed by atoms with Crippen molar-refractivity contribution in [1.82, 2.24) is 9.97 Å². The Balaban J connectivity index is 2.42. The maximum absolute atomic E-state index is 5.37. The van der Waals surface area contributed by atoms with Gasteiger partial charge in [-0.15, -0.1) is 0 Å². The minimum absolute atomic E-state index is 0.604. The molecule has 0 amide bonds. The quantitative estimate of drug-likeness (QED) is 0.636. The number of nitrogen functional groups attached to an aromatic ring is 1. The van der Waals surface area contributed by atoms with Gasteiger partial charge >= 0.3 is 0 Å². The Labute approximate surface area is 107 Å². The van der Waals surface area contributed by atoms with Gasteiger partial charge in [0.15, 0.2) is 0 Å². The minimum atomic E-state index is 0.604. The van der Waals surface area contributed by atoms with E-state index in [0.717, 1.165) is 18.1 Å². The van der Waals surface area contributed by atoms with E-state index in [2.05, 4.69) is 46.3 Å². The number of benzene rings is 1. The molecule has 0 aliphatic rings. The molecule has 18 heavy (non-hydrogen) atoms. The van der Waals surface area contributed by atoms with E-state index in [-0.39, 0.29) is 0 Å². The molecule has 0 aliphatic carbocycles. The largest absolute Gasteiger partial charge is 0.326 e. The zero-order chi connectivity index (χ0) is 13.0. The molecule has 0 aliphatic heterocycles. The number of hydrogen-bond acceptors (Lipinski definition) is 5. The lowest BCUT2D eigenvalue weighted by Crippen LogP contribution is -2.19. The average molecular weight is 243 g/mol. The standard InChI is InChI=1S/C13H17N5/c1-3-18(11-7-5-4-6-10(11)2)13-8-12(17-14)15-9-16-13/h4-9H,3,14H2,1-2H3,(H,15,16,17). The van der Waals surface area contributed by atoms with Crippen LogP contribution in [0.3, 0.4) is 0 Å². The molecule has 1 aromatic carbocycles. The summed E-state index contributed by atoms with van der Waals surface area (Å²) in [6, 6.07) is 10.0. The van der Waals surface area contributed by atoms with Gasteiger partial charge in [0.1, 0.15) is 18.0 Å². The van der Waals surface area contributed by atoms with Crippen molar-refractivity contribution < 1.29 is 0 Å². The molecule has 2 aromatic rings. The zero-order valence-electron chi connectivity index (χ0n) is 10.6. The lowest BCUT2D eigenvalue weighted by molar-refractivity contribution is 0.969. The third-order valence-electron chi connectivity index (χ3n) is 2.80. The van der Waals surface area contributed by atoms with Gasteiger partial charge in [-0.2, -0.15) is 0 Å². The number of para-hydroxylation sites is 1. The SMILES string of the molecule is CCN(c1cc(NN)ncn1)c1ccccc1C. The Morgan fingerprint density at radius 1 is 1.28 bits per heavy atom. The van der Waals surface area contributed by atoms with E-state index in [9.17, 15) is 0 Å². The number of hydrazine groups is 1. The van der Waals surface area contributed by atoms with Gasteiger partial charge < -0.3 is 10.3 Å². The summed E-state index contributed by atoms with van der Waals surface area (Å²) < 4.78 is 0. The van der Waals surface area contributed by atoms with E-state index in [4.69, 9.17) is 5.84 Å². The summed E-state index contributed by atoms with van der Waals surface area (Å²) in [6.45, 7) is 5.00. The molecule has 0 unspecified atom stereocenters. The molecule has 1 heterocycles. The monoisotopic (exact) mass is 243 g/mol. The van der Waals surface area contributed by atoms with Crippen LogP contribution in [-0.2, 0) is 0 Å². The van der Waals surface area contributed by atoms with Crippen molar-refractivity contribution >= 4 is 17.3 Å². The van der Waals surface area contributed by atoms with E-state index < -0.39 is 0 Å². The van der Waals surface area contributed by atoms with Crippen LogP contribution in [0.2, 0.25) is 0 Å². The second kappa shape index (κ2) is 5.46. The molecule has 94 valence electrons. The maximum atomic E-state index is 5.37. The summed E-state index contributed by atoms with van der Waals surface area (Å²) in [5, 5.41) is 0. The fraction of sp³-hybridized carbons (Fsp3) is 0.231. The molecular formula is C13H17N5. The first kappa shape index (κ1) is 12.3. The summed E-state index contributed by atoms with van der Waals surface area (Å²) in [5.41, 5.74) is 4.88. The first-order valence-electron chi connectivity index (χ1n) is 5.88. The Morgan fingerprint density at radius 2 is 2.06 bits per heavy atom. The molecule has 0 spiro atoms. The van der Waals surface area contributed by atoms with Crippen LogP contribution in [0.5, 0.6) is 0 Å². The van der Waals surface area contributed by atoms with Crippen molar-refractivity contribution in [3.05, 3.63) is 42.2 Å². The maximum Gasteiger partial charge on any atom is 0.145 e. The summed E-state index contributed by atoms with van der Waals surface area (Å²) in [6.07, 6.45) is 1.51. The predicted octanol–water partition coefficient (Wildman–Crippen LogP) is 2.23. The van der Waals surface area contributed by atoms with Crippen molar-refractivity contribution in [3.63, 3.8) is 0 Å². The van der Waals surface area contributed by atoms with Crippen LogP contribution in [-0.4, -0.2) is 16.5 Å². The van der Waals surface area contributed by atoms with Gasteiger partial charge in [-0.3, -0.25) is 0 Å². The molecule has 0 radical (unpaired) electrons. The molecule has 5 heteroatoms. The fourth-order valence-electron chi connectivity index (χ4n) is 1.90. The molecule has 2 rings (SSSR count). The van der Waals surface area contributed by atoms with Gasteiger partial charge in [0, 0.05) is 18.3 Å². The number of nitrogens with two attached hydrogens (primary N) is 1. The van der Waals surface area contributed by atoms with Gasteiger partial charge in [-0.05, 0) is 25.5 Å². The molecule has 5 nitrogen and oxygen atoms in total. The highest BCUT2D eigenvalue weighted by atomic mass is 15.3. The van der Waals surface area contributed by atoms with Crippen LogP contribution in [0.25, 0.3) is 0 Å². The molecule has 0 atom stereocenters. The van der Waals surface area contributed by atoms with Crippen molar-refractivity contribution in [1.29, 1.82) is 0 Å². The number of rotatable bonds is 4. The van der Waals surface area contributed by atoms with Crippen molar-refractivity contribution in [2.75, 3.05) is 16.9 Å². The number of aromatic nitrogens is 2. The number of anilines is 3. The molecule has 0 saturated heterocycles. The van der Waals surface area contributed by atoms with E-state index >= 15 is 0 Å². The van der Waals surface area contributed by atoms with Crippen molar-refractivity contribution in [2.45, 2.75) is 13.8 Å². The molecule has 0 fully saturated rings. The van der Waals surface area contributed by atoms with Crippen molar-refractivity contribution in [3.8, 4) is 0 Å². The Bertz CT molecular complexity index is 526. The van der Waals surface area contributed by atoms with Gasteiger partial charge in [0.25, 0.3) is 0 Å². The number of nitrogens with zero attached hydrogens (tertiary/aromatic N) is 3. The van der Waals surface area contributed by atoms with Gasteiger partial charge in [-0.1, -0.05) is 18.2 Å². The molecule has 0 bridgehead atoms. The van der Waals surface area contributed by atoms with E-state index in [1.165, 1.54) is 11.9 Å². The Morgan fingerprint density at radius 3 is 2.72 bits per heavy atom. The molecule has 0 saturated carbocycles. The smallest absolute Gasteiger partial charge is 0.145 e. The highest BCUT2D eigenvalue weighted by molar-refractivity contribution is 5.65. The van der Waals surface area contributed by atoms with Crippen LogP contribution < -0.4 is 16.2 Å². The molecule has 1 aromatic heterocycles. The molecule has 3 N–H and O–H groups in total. The second-order valence-electron chi connectivity index (χ2n) is 3.94. The Hall–Kier alpha value is -2.14. The third-order valence-corrected chi connectivity index (χ3v) is 2.80. The first-order valence-corrected chi connectivity index (χ1v) is 5.88. The topological polar surface area (TPSA) is 67.1 Å². The number of nitrogens with one attached hydrogen (secondary N) is 1. The fourth-order valence-corrected chi connectivity index (χ4v) is 1.90. The normalized spacial score (nSPS) is 10.2. The third kappa shape index (κ3) is 2.41. The molecular weight excluding hydrogens is 226 g/mol. The number of aryl methyl sites for hydroxylation is 1. The summed E-state index contributed by atoms with van der Waals surface area (Å²) in [7, 11) is 0. The van der Waals surface area contributed by atoms with Crippen LogP contribution in [0.4, 0.5) is 17.3 Å². The average Bonchev–Trinajstić information content (AvgIpc) is 2.42. The highest BCUT2D eigenvalue weighted by Gasteiger charge is 2.11. The van der Waals surface area contributed by atoms with Crippen LogP contribution in [0, 0.1) is 6.92 Å². The lowest BCUT2D eigenvalue weighted by Gasteiger charge is -2.24. The van der Waals surface area contributed by atoms with Crippen LogP contribution in [0.15, 0.2) is 36.7 Å². The number of hydrogen-bond donors (Lipinski definition) is 2. The summed E-state index contributed by atoms with van der Waals surface area (Å²) in [5.74, 6) is 6.80. The van der Waals surface area contributed by atoms with Gasteiger partial charge in [-0.25, -0.2) is 15.8 Å². The van der Waals surface area contributed by atoms with Crippen molar-refractivity contribution in [2.24, 2.45) is 5.84 Å². The van der Waals surface area contributed by atoms with E-state index in [0.29, 0.717) is 5.82 Å². The van der Waals surface area contributed by atoms with E-state index in [1.807, 2.05) is 18.2 Å². The predicted molar refractivity (Wildman–Crippen MR) is 73.7 cm³/mol. The van der Waals surface area contributed by atoms with E-state index in [1.54, 1.807) is 0 Å². The first-order chi connectivity index (χ1) is 8.76. The summed E-state index contributed by atoms with van der Waals surface area (Å²) >= 11 is 0. The Kier molecular flexibility index (Phi) is 3.74.